The van der Waals surface area contributed by atoms with Crippen molar-refractivity contribution in [3.05, 3.63) is 0 Å². The minimum absolute atomic E-state index is 0.254. The molecular weight excluding hydrogens is 152 g/mol. The number of hydrogen-bond donors (Lipinski definition) is 0. The molecule has 0 heterocycles. The van der Waals surface area contributed by atoms with E-state index in [-0.39, 0.29) is 9.52 Å². The molecule has 0 rings (SSSR count). The SMILES string of the molecule is CCCCCC(=[SiH]C)[SiH2]C. The Kier molecular flexibility index (Phi) is 7.64. The first-order valence-electron chi connectivity index (χ1n) is 4.49. The fraction of sp³-hybridized carbons (Fsp3) is 0.875. The third-order valence-electron chi connectivity index (χ3n) is 1.96. The predicted octanol–water partition coefficient (Wildman–Crippen LogP) is 1.40. The van der Waals surface area contributed by atoms with Gasteiger partial charge in [-0.2, -0.15) is 0 Å². The highest BCUT2D eigenvalue weighted by Gasteiger charge is 1.91. The molecule has 0 aliphatic heterocycles. The molecule has 0 saturated heterocycles. The Hall–Kier alpha value is 0.304. The summed E-state index contributed by atoms with van der Waals surface area (Å²) in [5, 5.41) is 0. The third-order valence-corrected chi connectivity index (χ3v) is 6.78. The van der Waals surface area contributed by atoms with Crippen molar-refractivity contribution in [1.29, 1.82) is 0 Å². The van der Waals surface area contributed by atoms with E-state index in [1.54, 1.807) is 0 Å². The van der Waals surface area contributed by atoms with E-state index in [1.165, 1.54) is 25.7 Å². The van der Waals surface area contributed by atoms with E-state index in [9.17, 15) is 0 Å². The van der Waals surface area contributed by atoms with Gasteiger partial charge in [0.15, 0.2) is 0 Å². The first-order chi connectivity index (χ1) is 4.85. The average Bonchev–Trinajstić information content (AvgIpc) is 1.99. The van der Waals surface area contributed by atoms with Crippen LogP contribution in [0.15, 0.2) is 0 Å². The van der Waals surface area contributed by atoms with Crippen molar-refractivity contribution in [2.45, 2.75) is 45.7 Å². The summed E-state index contributed by atoms with van der Waals surface area (Å²) in [6, 6.07) is 0. The highest BCUT2D eigenvalue weighted by atomic mass is 28.2. The quantitative estimate of drug-likeness (QED) is 0.434. The lowest BCUT2D eigenvalue weighted by molar-refractivity contribution is 0.746. The highest BCUT2D eigenvalue weighted by Crippen LogP contribution is 1.98. The molecule has 0 spiro atoms. The monoisotopic (exact) mass is 172 g/mol. The highest BCUT2D eigenvalue weighted by molar-refractivity contribution is 6.90. The number of unbranched alkanes of at least 4 members (excludes halogenated alkanes) is 2. The molecule has 0 radical (unpaired) electrons. The van der Waals surface area contributed by atoms with E-state index >= 15 is 0 Å². The Morgan fingerprint density at radius 2 is 2.10 bits per heavy atom. The smallest absolute Gasteiger partial charge is 0.0403 e. The van der Waals surface area contributed by atoms with Crippen LogP contribution in [0.1, 0.15) is 32.6 Å². The van der Waals surface area contributed by atoms with Gasteiger partial charge in [0.25, 0.3) is 0 Å². The van der Waals surface area contributed by atoms with Gasteiger partial charge >= 0.3 is 0 Å². The van der Waals surface area contributed by atoms with Crippen molar-refractivity contribution in [2.24, 2.45) is 0 Å². The fourth-order valence-corrected chi connectivity index (χ4v) is 3.86. The molecule has 0 aromatic heterocycles. The van der Waals surface area contributed by atoms with Crippen molar-refractivity contribution in [3.63, 3.8) is 0 Å². The predicted molar refractivity (Wildman–Crippen MR) is 56.6 cm³/mol. The van der Waals surface area contributed by atoms with E-state index < -0.39 is 0 Å². The van der Waals surface area contributed by atoms with Gasteiger partial charge in [-0.15, -0.1) is 4.79 Å². The van der Waals surface area contributed by atoms with Gasteiger partial charge in [0.1, 0.15) is 0 Å². The van der Waals surface area contributed by atoms with Gasteiger partial charge in [0, 0.05) is 9.52 Å². The minimum atomic E-state index is 0.254. The van der Waals surface area contributed by atoms with Gasteiger partial charge in [0.05, 0.1) is 0 Å². The molecule has 0 atom stereocenters. The Morgan fingerprint density at radius 1 is 1.40 bits per heavy atom. The van der Waals surface area contributed by atoms with Crippen LogP contribution in [0.25, 0.3) is 0 Å². The van der Waals surface area contributed by atoms with Gasteiger partial charge in [-0.25, -0.2) is 0 Å². The van der Waals surface area contributed by atoms with Gasteiger partial charge in [-0.05, 0) is 15.6 Å². The van der Waals surface area contributed by atoms with Crippen LogP contribution in [0.3, 0.4) is 0 Å². The molecule has 0 nitrogen and oxygen atoms in total. The minimum Gasteiger partial charge on any atom is -0.109 e. The summed E-state index contributed by atoms with van der Waals surface area (Å²) in [6.07, 6.45) is 5.75. The summed E-state index contributed by atoms with van der Waals surface area (Å²) in [4.78, 5) is 1.97. The molecule has 0 N–H and O–H groups in total. The second-order valence-corrected chi connectivity index (χ2v) is 6.58. The average molecular weight is 172 g/mol. The van der Waals surface area contributed by atoms with Crippen LogP contribution in [-0.2, 0) is 0 Å². The molecule has 0 aromatic rings. The first kappa shape index (κ1) is 10.3. The van der Waals surface area contributed by atoms with Crippen LogP contribution < -0.4 is 0 Å². The van der Waals surface area contributed by atoms with Crippen molar-refractivity contribution < 1.29 is 0 Å². The lowest BCUT2D eigenvalue weighted by Crippen LogP contribution is -2.08. The summed E-state index contributed by atoms with van der Waals surface area (Å²) in [7, 11) is 0.962. The van der Waals surface area contributed by atoms with E-state index in [2.05, 4.69) is 20.0 Å². The Labute approximate surface area is 69.7 Å². The van der Waals surface area contributed by atoms with Gasteiger partial charge in [-0.1, -0.05) is 39.3 Å². The lowest BCUT2D eigenvalue weighted by atomic mass is 10.2. The number of rotatable bonds is 5. The maximum atomic E-state index is 2.43. The molecule has 0 aliphatic rings. The van der Waals surface area contributed by atoms with Crippen LogP contribution in [0.5, 0.6) is 0 Å². The van der Waals surface area contributed by atoms with Gasteiger partial charge < -0.3 is 0 Å². The zero-order valence-electron chi connectivity index (χ0n) is 7.61. The van der Waals surface area contributed by atoms with Gasteiger partial charge in [-0.3, -0.25) is 0 Å². The van der Waals surface area contributed by atoms with Crippen LogP contribution >= 0.6 is 0 Å². The zero-order chi connectivity index (χ0) is 7.82. The third kappa shape index (κ3) is 5.12. The number of hydrogen-bond acceptors (Lipinski definition) is 0. The second kappa shape index (κ2) is 7.41. The molecule has 0 aliphatic carbocycles. The standard InChI is InChI=1S/C8H20Si2/c1-4-5-6-7-8(9-2)10-3/h9H,4-7,10H2,1-3H3. The molecule has 10 heavy (non-hydrogen) atoms. The lowest BCUT2D eigenvalue weighted by Gasteiger charge is -2.01. The molecule has 2 heteroatoms. The zero-order valence-corrected chi connectivity index (χ0v) is 10.2. The Balaban J connectivity index is 3.27. The second-order valence-electron chi connectivity index (χ2n) is 2.76. The van der Waals surface area contributed by atoms with E-state index in [0.29, 0.717) is 9.13 Å². The summed E-state index contributed by atoms with van der Waals surface area (Å²) in [6.45, 7) is 7.09. The van der Waals surface area contributed by atoms with E-state index in [0.717, 1.165) is 0 Å². The van der Waals surface area contributed by atoms with Crippen LogP contribution in [0.4, 0.5) is 0 Å². The summed E-state index contributed by atoms with van der Waals surface area (Å²) < 4.78 is 0. The molecular formula is C8H20Si2. The van der Waals surface area contributed by atoms with Crippen molar-refractivity contribution in [2.75, 3.05) is 0 Å². The molecule has 60 valence electrons. The van der Waals surface area contributed by atoms with E-state index in [1.807, 2.05) is 4.79 Å². The molecule has 0 bridgehead atoms. The maximum Gasteiger partial charge on any atom is 0.0403 e. The molecule has 0 fully saturated rings. The van der Waals surface area contributed by atoms with Crippen LogP contribution in [0, 0.1) is 0 Å². The molecule has 0 saturated carbocycles. The fourth-order valence-electron chi connectivity index (χ4n) is 1.13. The van der Waals surface area contributed by atoms with Crippen molar-refractivity contribution >= 4 is 23.4 Å². The summed E-state index contributed by atoms with van der Waals surface area (Å²) >= 11 is 0. The van der Waals surface area contributed by atoms with Crippen molar-refractivity contribution in [1.82, 2.24) is 0 Å². The normalized spacial score (nSPS) is 13.3. The van der Waals surface area contributed by atoms with Crippen LogP contribution in [-0.4, -0.2) is 23.4 Å². The van der Waals surface area contributed by atoms with Crippen LogP contribution in [0.2, 0.25) is 13.1 Å². The topological polar surface area (TPSA) is 0 Å². The first-order valence-corrected chi connectivity index (χ1v) is 8.34. The molecule has 0 amide bonds. The molecule has 0 unspecified atom stereocenters. The maximum absolute atomic E-state index is 2.43. The Morgan fingerprint density at radius 3 is 2.50 bits per heavy atom. The molecule has 0 aromatic carbocycles. The van der Waals surface area contributed by atoms with Gasteiger partial charge in [0.2, 0.25) is 0 Å². The van der Waals surface area contributed by atoms with E-state index in [4.69, 9.17) is 0 Å². The summed E-state index contributed by atoms with van der Waals surface area (Å²) in [5.74, 6) is 0. The largest absolute Gasteiger partial charge is 0.109 e. The summed E-state index contributed by atoms with van der Waals surface area (Å²) in [5.41, 5.74) is 0. The van der Waals surface area contributed by atoms with Crippen molar-refractivity contribution in [3.8, 4) is 0 Å². The Bertz CT molecular complexity index is 97.4.